The Balaban J connectivity index is 2.93. The predicted molar refractivity (Wildman–Crippen MR) is 60.8 cm³/mol. The van der Waals surface area contributed by atoms with Gasteiger partial charge in [-0.1, -0.05) is 0 Å². The summed E-state index contributed by atoms with van der Waals surface area (Å²) >= 11 is 0. The van der Waals surface area contributed by atoms with Crippen molar-refractivity contribution < 1.29 is 41.2 Å². The van der Waals surface area contributed by atoms with Crippen molar-refractivity contribution in [3.05, 3.63) is 0 Å². The fourth-order valence-electron chi connectivity index (χ4n) is 1.99. The molecule has 19 heavy (non-hydrogen) atoms. The summed E-state index contributed by atoms with van der Waals surface area (Å²) in [6, 6.07) is 0. The third kappa shape index (κ3) is 4.33. The first-order chi connectivity index (χ1) is 8.84. The van der Waals surface area contributed by atoms with Gasteiger partial charge in [-0.25, -0.2) is 4.18 Å². The molecule has 0 aromatic heterocycles. The van der Waals surface area contributed by atoms with Crippen LogP contribution in [-0.4, -0.2) is 76.7 Å². The van der Waals surface area contributed by atoms with Crippen molar-refractivity contribution >= 4 is 10.4 Å². The summed E-state index contributed by atoms with van der Waals surface area (Å²) in [5, 5.41) is 9.73. The van der Waals surface area contributed by atoms with Gasteiger partial charge in [-0.05, 0) is 0 Å². The molecule has 1 heterocycles. The Labute approximate surface area is 111 Å². The van der Waals surface area contributed by atoms with Crippen molar-refractivity contribution in [2.24, 2.45) is 0 Å². The van der Waals surface area contributed by atoms with Gasteiger partial charge in [-0.15, -0.1) is 0 Å². The molecule has 10 heteroatoms. The summed E-state index contributed by atoms with van der Waals surface area (Å²) in [5.74, 6) is 0. The number of hydrogen-bond donors (Lipinski definition) is 2. The number of hydrogen-bond acceptors (Lipinski definition) is 8. The number of aliphatic hydroxyl groups is 1. The smallest absolute Gasteiger partial charge is 0.382 e. The zero-order chi connectivity index (χ0) is 14.6. The van der Waals surface area contributed by atoms with Crippen LogP contribution in [0.25, 0.3) is 0 Å². The average Bonchev–Trinajstić information content (AvgIpc) is 2.30. The van der Waals surface area contributed by atoms with Crippen LogP contribution in [0.15, 0.2) is 0 Å². The highest BCUT2D eigenvalue weighted by Crippen LogP contribution is 2.27. The van der Waals surface area contributed by atoms with Gasteiger partial charge in [0.05, 0.1) is 6.61 Å². The minimum atomic E-state index is -4.77. The maximum Gasteiger partial charge on any atom is 0.397 e. The molecule has 0 bridgehead atoms. The first-order valence-corrected chi connectivity index (χ1v) is 6.74. The van der Waals surface area contributed by atoms with Gasteiger partial charge < -0.3 is 24.1 Å². The molecule has 114 valence electrons. The minimum absolute atomic E-state index is 0.105. The molecular formula is C9H18O9S. The van der Waals surface area contributed by atoms with Crippen LogP contribution in [0.4, 0.5) is 0 Å². The van der Waals surface area contributed by atoms with Crippen LogP contribution < -0.4 is 0 Å². The van der Waals surface area contributed by atoms with E-state index in [-0.39, 0.29) is 6.61 Å². The molecule has 0 radical (unpaired) electrons. The lowest BCUT2D eigenvalue weighted by Gasteiger charge is -2.42. The fraction of sp³-hybridized carbons (Fsp3) is 1.00. The van der Waals surface area contributed by atoms with E-state index in [0.29, 0.717) is 0 Å². The Hall–Kier alpha value is -0.330. The molecule has 0 aliphatic carbocycles. The van der Waals surface area contributed by atoms with Gasteiger partial charge in [0.1, 0.15) is 18.3 Å². The lowest BCUT2D eigenvalue weighted by atomic mass is 9.99. The van der Waals surface area contributed by atoms with E-state index >= 15 is 0 Å². The molecule has 1 fully saturated rings. The van der Waals surface area contributed by atoms with Gasteiger partial charge >= 0.3 is 10.4 Å². The van der Waals surface area contributed by atoms with E-state index in [1.54, 1.807) is 0 Å². The lowest BCUT2D eigenvalue weighted by Crippen LogP contribution is -2.61. The zero-order valence-electron chi connectivity index (χ0n) is 10.8. The van der Waals surface area contributed by atoms with Gasteiger partial charge in [-0.3, -0.25) is 4.55 Å². The summed E-state index contributed by atoms with van der Waals surface area (Å²) < 4.78 is 54.9. The van der Waals surface area contributed by atoms with Crippen LogP contribution in [0.5, 0.6) is 0 Å². The molecule has 1 saturated heterocycles. The van der Waals surface area contributed by atoms with Gasteiger partial charge in [0.25, 0.3) is 0 Å². The topological polar surface area (TPSA) is 121 Å². The molecule has 0 amide bonds. The highest BCUT2D eigenvalue weighted by molar-refractivity contribution is 7.80. The van der Waals surface area contributed by atoms with Crippen LogP contribution in [0, 0.1) is 0 Å². The van der Waals surface area contributed by atoms with E-state index < -0.39 is 41.1 Å². The molecule has 0 saturated carbocycles. The standard InChI is InChI=1S/C9H18O9S/c1-14-4-5-6(15-2)7(16-3)8(9(10)17-5)18-19(11,12)13/h5-10H,4H2,1-3H3,(H,11,12,13)/t5-,6+,7?,8?,9-/m0/s1. The Morgan fingerprint density at radius 2 is 1.68 bits per heavy atom. The highest BCUT2D eigenvalue weighted by atomic mass is 32.3. The zero-order valence-corrected chi connectivity index (χ0v) is 11.6. The third-order valence-electron chi connectivity index (χ3n) is 2.72. The van der Waals surface area contributed by atoms with Crippen molar-refractivity contribution in [1.29, 1.82) is 0 Å². The Morgan fingerprint density at radius 1 is 1.11 bits per heavy atom. The number of methoxy groups -OCH3 is 3. The second kappa shape index (κ2) is 6.90. The van der Waals surface area contributed by atoms with Gasteiger partial charge in [0.2, 0.25) is 0 Å². The van der Waals surface area contributed by atoms with Crippen LogP contribution in [0.1, 0.15) is 0 Å². The van der Waals surface area contributed by atoms with Crippen LogP contribution in [0.2, 0.25) is 0 Å². The van der Waals surface area contributed by atoms with Crippen LogP contribution in [-0.2, 0) is 33.5 Å². The monoisotopic (exact) mass is 302 g/mol. The van der Waals surface area contributed by atoms with Crippen LogP contribution in [0.3, 0.4) is 0 Å². The van der Waals surface area contributed by atoms with E-state index in [1.165, 1.54) is 21.3 Å². The van der Waals surface area contributed by atoms with E-state index in [4.69, 9.17) is 23.5 Å². The summed E-state index contributed by atoms with van der Waals surface area (Å²) in [5.41, 5.74) is 0. The van der Waals surface area contributed by atoms with Crippen LogP contribution >= 0.6 is 0 Å². The van der Waals surface area contributed by atoms with Crippen molar-refractivity contribution in [2.75, 3.05) is 27.9 Å². The molecule has 1 aliphatic rings. The molecular weight excluding hydrogens is 284 g/mol. The maximum atomic E-state index is 10.8. The summed E-state index contributed by atoms with van der Waals surface area (Å²) in [6.07, 6.45) is -5.43. The predicted octanol–water partition coefficient (Wildman–Crippen LogP) is -1.43. The molecule has 2 N–H and O–H groups in total. The molecule has 0 spiro atoms. The number of rotatable bonds is 6. The molecule has 5 atom stereocenters. The molecule has 1 rings (SSSR count). The van der Waals surface area contributed by atoms with E-state index in [0.717, 1.165) is 0 Å². The van der Waals surface area contributed by atoms with E-state index in [2.05, 4.69) is 4.18 Å². The van der Waals surface area contributed by atoms with Crippen molar-refractivity contribution in [3.63, 3.8) is 0 Å². The van der Waals surface area contributed by atoms with Gasteiger partial charge in [-0.2, -0.15) is 8.42 Å². The second-order valence-electron chi connectivity index (χ2n) is 3.91. The Kier molecular flexibility index (Phi) is 6.08. The van der Waals surface area contributed by atoms with Crippen molar-refractivity contribution in [3.8, 4) is 0 Å². The fourth-order valence-corrected chi connectivity index (χ4v) is 2.48. The lowest BCUT2D eigenvalue weighted by molar-refractivity contribution is -0.290. The SMILES string of the molecule is COC[C@@H]1O[C@H](O)C(OS(=O)(=O)O)C(OC)[C@@H]1OC. The van der Waals surface area contributed by atoms with Gasteiger partial charge in [0.15, 0.2) is 12.4 Å². The summed E-state index contributed by atoms with van der Waals surface area (Å²) in [6.45, 7) is 0.105. The average molecular weight is 302 g/mol. The third-order valence-corrected chi connectivity index (χ3v) is 3.18. The first-order valence-electron chi connectivity index (χ1n) is 5.37. The largest absolute Gasteiger partial charge is 0.397 e. The van der Waals surface area contributed by atoms with Gasteiger partial charge in [0, 0.05) is 21.3 Å². The number of aliphatic hydroxyl groups excluding tert-OH is 1. The molecule has 0 aromatic carbocycles. The Morgan fingerprint density at radius 3 is 2.11 bits per heavy atom. The minimum Gasteiger partial charge on any atom is -0.382 e. The van der Waals surface area contributed by atoms with E-state index in [1.807, 2.05) is 0 Å². The second-order valence-corrected chi connectivity index (χ2v) is 4.96. The summed E-state index contributed by atoms with van der Waals surface area (Å²) in [7, 11) is -0.676. The number of ether oxygens (including phenoxy) is 4. The molecule has 2 unspecified atom stereocenters. The molecule has 0 aromatic rings. The van der Waals surface area contributed by atoms with Crippen molar-refractivity contribution in [2.45, 2.75) is 30.7 Å². The van der Waals surface area contributed by atoms with E-state index in [9.17, 15) is 13.5 Å². The Bertz CT molecular complexity index is 370. The maximum absolute atomic E-state index is 10.8. The quantitative estimate of drug-likeness (QED) is 0.568. The highest BCUT2D eigenvalue weighted by Gasteiger charge is 2.48. The normalized spacial score (nSPS) is 36.4. The molecule has 1 aliphatic heterocycles. The van der Waals surface area contributed by atoms with Crippen molar-refractivity contribution in [1.82, 2.24) is 0 Å². The molecule has 9 nitrogen and oxygen atoms in total. The summed E-state index contributed by atoms with van der Waals surface area (Å²) in [4.78, 5) is 0. The first kappa shape index (κ1) is 16.7.